The second kappa shape index (κ2) is 7.87. The van der Waals surface area contributed by atoms with Crippen molar-refractivity contribution in [3.05, 3.63) is 58.8 Å². The number of rotatable bonds is 5. The van der Waals surface area contributed by atoms with Gasteiger partial charge < -0.3 is 10.2 Å². The number of anilines is 2. The van der Waals surface area contributed by atoms with Crippen molar-refractivity contribution in [3.63, 3.8) is 0 Å². The van der Waals surface area contributed by atoms with Gasteiger partial charge in [0.1, 0.15) is 5.82 Å². The smallest absolute Gasteiger partial charge is 0.226 e. The predicted molar refractivity (Wildman–Crippen MR) is 91.8 cm³/mol. The molecule has 2 rings (SSSR count). The molecule has 1 N–H and O–H groups in total. The zero-order valence-electron chi connectivity index (χ0n) is 12.6. The maximum atomic E-state index is 13.5. The zero-order chi connectivity index (χ0) is 16.8. The van der Waals surface area contributed by atoms with Crippen molar-refractivity contribution in [1.82, 2.24) is 0 Å². The normalized spacial score (nSPS) is 10.2. The molecule has 120 valence electrons. The number of para-hydroxylation sites is 2. The molecule has 2 amide bonds. The van der Waals surface area contributed by atoms with Crippen LogP contribution in [0.25, 0.3) is 0 Å². The van der Waals surface area contributed by atoms with Crippen LogP contribution in [0.5, 0.6) is 0 Å². The molecule has 4 nitrogen and oxygen atoms in total. The summed E-state index contributed by atoms with van der Waals surface area (Å²) in [4.78, 5) is 25.3. The fraction of sp³-hybridized carbons (Fsp3) is 0.176. The Labute approximate surface area is 142 Å². The molecular formula is C17H16BrFN2O2. The maximum absolute atomic E-state index is 13.5. The highest BCUT2D eigenvalue weighted by molar-refractivity contribution is 9.10. The van der Waals surface area contributed by atoms with E-state index in [-0.39, 0.29) is 30.5 Å². The number of benzene rings is 2. The molecule has 0 atom stereocenters. The van der Waals surface area contributed by atoms with Gasteiger partial charge in [0.25, 0.3) is 0 Å². The summed E-state index contributed by atoms with van der Waals surface area (Å²) in [5.74, 6) is -1.01. The summed E-state index contributed by atoms with van der Waals surface area (Å²) in [5.41, 5.74) is 0.825. The van der Waals surface area contributed by atoms with Crippen LogP contribution in [-0.2, 0) is 9.59 Å². The molecule has 0 heterocycles. The summed E-state index contributed by atoms with van der Waals surface area (Å²) in [6.45, 7) is 1.65. The Hall–Kier alpha value is -2.21. The number of carbonyl (C=O) groups excluding carboxylic acids is 2. The monoisotopic (exact) mass is 378 g/mol. The number of amides is 2. The van der Waals surface area contributed by atoms with E-state index in [1.165, 1.54) is 24.0 Å². The average molecular weight is 379 g/mol. The van der Waals surface area contributed by atoms with Crippen molar-refractivity contribution in [3.8, 4) is 0 Å². The molecule has 23 heavy (non-hydrogen) atoms. The summed E-state index contributed by atoms with van der Waals surface area (Å²) in [5, 5.41) is 2.51. The lowest BCUT2D eigenvalue weighted by atomic mass is 10.2. The molecule has 0 aliphatic heterocycles. The van der Waals surface area contributed by atoms with Crippen molar-refractivity contribution >= 4 is 39.1 Å². The van der Waals surface area contributed by atoms with Crippen molar-refractivity contribution in [2.24, 2.45) is 0 Å². The number of carbonyl (C=O) groups is 2. The van der Waals surface area contributed by atoms with Crippen LogP contribution >= 0.6 is 15.9 Å². The second-order valence-corrected chi connectivity index (χ2v) is 5.75. The van der Waals surface area contributed by atoms with E-state index in [9.17, 15) is 14.0 Å². The highest BCUT2D eigenvalue weighted by Gasteiger charge is 2.16. The van der Waals surface area contributed by atoms with E-state index in [0.29, 0.717) is 5.69 Å². The van der Waals surface area contributed by atoms with E-state index in [4.69, 9.17) is 0 Å². The topological polar surface area (TPSA) is 49.4 Å². The third-order valence-corrected chi connectivity index (χ3v) is 3.90. The second-order valence-electron chi connectivity index (χ2n) is 4.90. The first-order chi connectivity index (χ1) is 11.0. The lowest BCUT2D eigenvalue weighted by molar-refractivity contribution is -0.117. The predicted octanol–water partition coefficient (Wildman–Crippen LogP) is 3.97. The maximum Gasteiger partial charge on any atom is 0.226 e. The average Bonchev–Trinajstić information content (AvgIpc) is 2.51. The number of hydrogen-bond acceptors (Lipinski definition) is 2. The minimum Gasteiger partial charge on any atom is -0.324 e. The van der Waals surface area contributed by atoms with E-state index in [1.807, 2.05) is 18.2 Å². The van der Waals surface area contributed by atoms with E-state index in [0.717, 1.165) is 4.47 Å². The first kappa shape index (κ1) is 17.1. The van der Waals surface area contributed by atoms with Gasteiger partial charge in [-0.2, -0.15) is 0 Å². The third kappa shape index (κ3) is 4.63. The molecule has 0 aliphatic rings. The molecule has 0 bridgehead atoms. The fourth-order valence-electron chi connectivity index (χ4n) is 2.11. The van der Waals surface area contributed by atoms with Crippen LogP contribution in [-0.4, -0.2) is 18.4 Å². The summed E-state index contributed by atoms with van der Waals surface area (Å²) in [6.07, 6.45) is 0.0647. The van der Waals surface area contributed by atoms with Gasteiger partial charge in [-0.05, 0) is 40.2 Å². The van der Waals surface area contributed by atoms with Gasteiger partial charge in [-0.3, -0.25) is 9.59 Å². The van der Waals surface area contributed by atoms with Gasteiger partial charge in [0.2, 0.25) is 11.8 Å². The summed E-state index contributed by atoms with van der Waals surface area (Å²) < 4.78 is 14.3. The molecule has 6 heteroatoms. The Bertz CT molecular complexity index is 721. The number of nitrogens with one attached hydrogen (secondary N) is 1. The van der Waals surface area contributed by atoms with Crippen LogP contribution in [0, 0.1) is 5.82 Å². The van der Waals surface area contributed by atoms with Crippen LogP contribution in [0.1, 0.15) is 13.3 Å². The van der Waals surface area contributed by atoms with Crippen molar-refractivity contribution in [1.29, 1.82) is 0 Å². The molecular weight excluding hydrogens is 363 g/mol. The number of hydrogen-bond donors (Lipinski definition) is 1. The molecule has 0 saturated heterocycles. The molecule has 0 aliphatic carbocycles. The van der Waals surface area contributed by atoms with Crippen molar-refractivity contribution in [2.75, 3.05) is 16.8 Å². The summed E-state index contributed by atoms with van der Waals surface area (Å²) in [6, 6.07) is 13.2. The lowest BCUT2D eigenvalue weighted by Crippen LogP contribution is -2.32. The molecule has 0 fully saturated rings. The van der Waals surface area contributed by atoms with Crippen LogP contribution in [0.15, 0.2) is 53.0 Å². The van der Waals surface area contributed by atoms with Gasteiger partial charge in [-0.25, -0.2) is 4.39 Å². The zero-order valence-corrected chi connectivity index (χ0v) is 14.1. The van der Waals surface area contributed by atoms with E-state index < -0.39 is 5.82 Å². The van der Waals surface area contributed by atoms with Gasteiger partial charge >= 0.3 is 0 Å². The van der Waals surface area contributed by atoms with Crippen LogP contribution in [0.2, 0.25) is 0 Å². The molecule has 0 radical (unpaired) electrons. The van der Waals surface area contributed by atoms with Gasteiger partial charge in [0.15, 0.2) is 0 Å². The molecule has 0 aromatic heterocycles. The van der Waals surface area contributed by atoms with Crippen molar-refractivity contribution < 1.29 is 14.0 Å². The van der Waals surface area contributed by atoms with E-state index in [1.54, 1.807) is 18.2 Å². The quantitative estimate of drug-likeness (QED) is 0.855. The summed E-state index contributed by atoms with van der Waals surface area (Å²) in [7, 11) is 0. The minimum atomic E-state index is -0.491. The van der Waals surface area contributed by atoms with E-state index >= 15 is 0 Å². The Morgan fingerprint density at radius 2 is 1.78 bits per heavy atom. The number of nitrogens with zero attached hydrogens (tertiary/aromatic N) is 1. The van der Waals surface area contributed by atoms with Crippen LogP contribution < -0.4 is 10.2 Å². The summed E-state index contributed by atoms with van der Waals surface area (Å²) >= 11 is 3.39. The first-order valence-electron chi connectivity index (χ1n) is 7.06. The molecule has 0 spiro atoms. The highest BCUT2D eigenvalue weighted by Crippen LogP contribution is 2.26. The largest absolute Gasteiger partial charge is 0.324 e. The number of halogens is 2. The molecule has 0 unspecified atom stereocenters. The fourth-order valence-corrected chi connectivity index (χ4v) is 2.61. The molecule has 2 aromatic carbocycles. The van der Waals surface area contributed by atoms with Gasteiger partial charge in [-0.1, -0.05) is 24.3 Å². The standard InChI is InChI=1S/C17H16BrFN2O2/c1-12(22)21(16-9-5-2-6-13(16)18)11-10-17(23)20-15-8-4-3-7-14(15)19/h2-9H,10-11H2,1H3,(H,20,23). The lowest BCUT2D eigenvalue weighted by Gasteiger charge is -2.22. The Morgan fingerprint density at radius 1 is 1.13 bits per heavy atom. The van der Waals surface area contributed by atoms with E-state index in [2.05, 4.69) is 21.2 Å². The Balaban J connectivity index is 2.02. The highest BCUT2D eigenvalue weighted by atomic mass is 79.9. The van der Waals surface area contributed by atoms with Crippen LogP contribution in [0.3, 0.4) is 0 Å². The van der Waals surface area contributed by atoms with Gasteiger partial charge in [0, 0.05) is 24.4 Å². The van der Waals surface area contributed by atoms with Gasteiger partial charge in [-0.15, -0.1) is 0 Å². The Morgan fingerprint density at radius 3 is 2.43 bits per heavy atom. The molecule has 2 aromatic rings. The van der Waals surface area contributed by atoms with Gasteiger partial charge in [0.05, 0.1) is 11.4 Å². The first-order valence-corrected chi connectivity index (χ1v) is 7.85. The van der Waals surface area contributed by atoms with Crippen molar-refractivity contribution in [2.45, 2.75) is 13.3 Å². The Kier molecular flexibility index (Phi) is 5.87. The SMILES string of the molecule is CC(=O)N(CCC(=O)Nc1ccccc1F)c1ccccc1Br. The third-order valence-electron chi connectivity index (χ3n) is 3.23. The molecule has 0 saturated carbocycles. The minimum absolute atomic E-state index is 0.0647. The van der Waals surface area contributed by atoms with Crippen LogP contribution in [0.4, 0.5) is 15.8 Å².